The van der Waals surface area contributed by atoms with Crippen molar-refractivity contribution < 1.29 is 0 Å². The molecule has 0 atom stereocenters. The minimum Gasteiger partial charge on any atom is -0.103 e. The van der Waals surface area contributed by atoms with Gasteiger partial charge in [0.25, 0.3) is 0 Å². The molecule has 1 aliphatic carbocycles. The lowest BCUT2D eigenvalue weighted by Crippen LogP contribution is -2.19. The van der Waals surface area contributed by atoms with Crippen molar-refractivity contribution in [2.75, 3.05) is 0 Å². The lowest BCUT2D eigenvalue weighted by atomic mass is 9.76. The third-order valence-corrected chi connectivity index (χ3v) is 3.09. The zero-order valence-corrected chi connectivity index (χ0v) is 7.19. The van der Waals surface area contributed by atoms with E-state index in [9.17, 15) is 0 Å². The SMILES string of the molecule is C=CC1(C(C)C)CCCC1. The van der Waals surface area contributed by atoms with Crippen molar-refractivity contribution in [2.45, 2.75) is 39.5 Å². The van der Waals surface area contributed by atoms with E-state index >= 15 is 0 Å². The van der Waals surface area contributed by atoms with E-state index < -0.39 is 0 Å². The van der Waals surface area contributed by atoms with Crippen molar-refractivity contribution in [3.63, 3.8) is 0 Å². The Morgan fingerprint density at radius 3 is 2.00 bits per heavy atom. The van der Waals surface area contributed by atoms with Crippen molar-refractivity contribution in [3.05, 3.63) is 12.7 Å². The highest BCUT2D eigenvalue weighted by molar-refractivity contribution is 4.99. The Labute approximate surface area is 64.3 Å². The fourth-order valence-corrected chi connectivity index (χ4v) is 2.05. The minimum atomic E-state index is 0.500. The first-order valence-electron chi connectivity index (χ1n) is 4.35. The quantitative estimate of drug-likeness (QED) is 0.513. The lowest BCUT2D eigenvalue weighted by molar-refractivity contribution is 0.275. The molecule has 0 aromatic rings. The van der Waals surface area contributed by atoms with Crippen LogP contribution in [0.25, 0.3) is 0 Å². The average Bonchev–Trinajstić information content (AvgIpc) is 2.35. The maximum Gasteiger partial charge on any atom is -0.00979 e. The van der Waals surface area contributed by atoms with E-state index in [0.717, 1.165) is 5.92 Å². The Bertz CT molecular complexity index is 116. The summed E-state index contributed by atoms with van der Waals surface area (Å²) in [5.41, 5.74) is 0.500. The topological polar surface area (TPSA) is 0 Å². The smallest absolute Gasteiger partial charge is 0.00979 e. The molecule has 1 aliphatic rings. The number of hydrogen-bond acceptors (Lipinski definition) is 0. The van der Waals surface area contributed by atoms with Gasteiger partial charge in [0.1, 0.15) is 0 Å². The monoisotopic (exact) mass is 138 g/mol. The van der Waals surface area contributed by atoms with E-state index in [1.165, 1.54) is 25.7 Å². The Morgan fingerprint density at radius 2 is 1.80 bits per heavy atom. The van der Waals surface area contributed by atoms with Crippen LogP contribution in [-0.4, -0.2) is 0 Å². The molecule has 58 valence electrons. The van der Waals surface area contributed by atoms with Crippen LogP contribution in [0.3, 0.4) is 0 Å². The van der Waals surface area contributed by atoms with Crippen molar-refractivity contribution >= 4 is 0 Å². The first-order chi connectivity index (χ1) is 4.71. The van der Waals surface area contributed by atoms with Crippen molar-refractivity contribution in [3.8, 4) is 0 Å². The third kappa shape index (κ3) is 1.12. The van der Waals surface area contributed by atoms with E-state index in [1.54, 1.807) is 0 Å². The first kappa shape index (κ1) is 7.84. The number of rotatable bonds is 2. The lowest BCUT2D eigenvalue weighted by Gasteiger charge is -2.29. The molecule has 1 fully saturated rings. The van der Waals surface area contributed by atoms with E-state index in [-0.39, 0.29) is 0 Å². The van der Waals surface area contributed by atoms with Gasteiger partial charge in [-0.05, 0) is 24.2 Å². The Kier molecular flexibility index (Phi) is 2.18. The molecule has 0 radical (unpaired) electrons. The summed E-state index contributed by atoms with van der Waals surface area (Å²) in [5, 5.41) is 0. The maximum atomic E-state index is 3.94. The van der Waals surface area contributed by atoms with E-state index in [4.69, 9.17) is 0 Å². The number of allylic oxidation sites excluding steroid dienone is 1. The summed E-state index contributed by atoms with van der Waals surface area (Å²) in [5.74, 6) is 0.785. The second-order valence-electron chi connectivity index (χ2n) is 3.80. The van der Waals surface area contributed by atoms with Crippen LogP contribution in [0.2, 0.25) is 0 Å². The molecular weight excluding hydrogens is 120 g/mol. The van der Waals surface area contributed by atoms with Gasteiger partial charge in [-0.1, -0.05) is 32.8 Å². The Hall–Kier alpha value is -0.260. The van der Waals surface area contributed by atoms with Crippen LogP contribution in [-0.2, 0) is 0 Å². The summed E-state index contributed by atoms with van der Waals surface area (Å²) in [6.07, 6.45) is 7.74. The Balaban J connectivity index is 2.67. The highest BCUT2D eigenvalue weighted by Gasteiger charge is 2.33. The highest BCUT2D eigenvalue weighted by Crippen LogP contribution is 2.44. The normalized spacial score (nSPS) is 23.5. The third-order valence-electron chi connectivity index (χ3n) is 3.09. The molecule has 0 aromatic heterocycles. The Morgan fingerprint density at radius 1 is 1.30 bits per heavy atom. The standard InChI is InChI=1S/C10H18/c1-4-10(9(2)3)7-5-6-8-10/h4,9H,1,5-8H2,2-3H3. The maximum absolute atomic E-state index is 3.94. The molecule has 0 unspecified atom stereocenters. The molecule has 0 saturated heterocycles. The molecule has 0 aliphatic heterocycles. The van der Waals surface area contributed by atoms with Crippen LogP contribution in [0.5, 0.6) is 0 Å². The zero-order chi connectivity index (χ0) is 7.61. The van der Waals surface area contributed by atoms with Gasteiger partial charge in [-0.2, -0.15) is 0 Å². The van der Waals surface area contributed by atoms with Gasteiger partial charge in [-0.15, -0.1) is 6.58 Å². The summed E-state index contributed by atoms with van der Waals surface area (Å²) >= 11 is 0. The van der Waals surface area contributed by atoms with Crippen LogP contribution in [0.1, 0.15) is 39.5 Å². The van der Waals surface area contributed by atoms with Gasteiger partial charge >= 0.3 is 0 Å². The van der Waals surface area contributed by atoms with Gasteiger partial charge in [0.2, 0.25) is 0 Å². The minimum absolute atomic E-state index is 0.500. The van der Waals surface area contributed by atoms with Crippen LogP contribution in [0.15, 0.2) is 12.7 Å². The van der Waals surface area contributed by atoms with E-state index in [2.05, 4.69) is 26.5 Å². The van der Waals surface area contributed by atoms with Crippen LogP contribution in [0, 0.1) is 11.3 Å². The first-order valence-corrected chi connectivity index (χ1v) is 4.35. The zero-order valence-electron chi connectivity index (χ0n) is 7.19. The molecule has 0 N–H and O–H groups in total. The fraction of sp³-hybridized carbons (Fsp3) is 0.800. The van der Waals surface area contributed by atoms with Gasteiger partial charge in [0, 0.05) is 0 Å². The fourth-order valence-electron chi connectivity index (χ4n) is 2.05. The van der Waals surface area contributed by atoms with E-state index in [1.807, 2.05) is 0 Å². The molecule has 0 heteroatoms. The molecule has 0 heterocycles. The molecule has 1 saturated carbocycles. The summed E-state index contributed by atoms with van der Waals surface area (Å²) in [4.78, 5) is 0. The predicted octanol–water partition coefficient (Wildman–Crippen LogP) is 3.39. The van der Waals surface area contributed by atoms with Crippen molar-refractivity contribution in [1.82, 2.24) is 0 Å². The molecule has 10 heavy (non-hydrogen) atoms. The van der Waals surface area contributed by atoms with Crippen LogP contribution >= 0.6 is 0 Å². The predicted molar refractivity (Wildman–Crippen MR) is 45.9 cm³/mol. The van der Waals surface area contributed by atoms with Gasteiger partial charge in [0.05, 0.1) is 0 Å². The average molecular weight is 138 g/mol. The molecule has 1 rings (SSSR count). The summed E-state index contributed by atoms with van der Waals surface area (Å²) in [7, 11) is 0. The molecule has 0 amide bonds. The molecule has 0 aromatic carbocycles. The van der Waals surface area contributed by atoms with Crippen LogP contribution in [0.4, 0.5) is 0 Å². The summed E-state index contributed by atoms with van der Waals surface area (Å²) in [6.45, 7) is 8.56. The van der Waals surface area contributed by atoms with E-state index in [0.29, 0.717) is 5.41 Å². The molecule has 0 spiro atoms. The van der Waals surface area contributed by atoms with Gasteiger partial charge in [-0.3, -0.25) is 0 Å². The van der Waals surface area contributed by atoms with Crippen LogP contribution < -0.4 is 0 Å². The largest absolute Gasteiger partial charge is 0.103 e. The molecule has 0 nitrogen and oxygen atoms in total. The highest BCUT2D eigenvalue weighted by atomic mass is 14.4. The van der Waals surface area contributed by atoms with Crippen molar-refractivity contribution in [1.29, 1.82) is 0 Å². The molecule has 0 bridgehead atoms. The van der Waals surface area contributed by atoms with Gasteiger partial charge < -0.3 is 0 Å². The summed E-state index contributed by atoms with van der Waals surface area (Å²) in [6, 6.07) is 0. The second-order valence-corrected chi connectivity index (χ2v) is 3.80. The number of hydrogen-bond donors (Lipinski definition) is 0. The van der Waals surface area contributed by atoms with Crippen molar-refractivity contribution in [2.24, 2.45) is 11.3 Å². The summed E-state index contributed by atoms with van der Waals surface area (Å²) < 4.78 is 0. The van der Waals surface area contributed by atoms with Gasteiger partial charge in [0.15, 0.2) is 0 Å². The molecular formula is C10H18. The van der Waals surface area contributed by atoms with Gasteiger partial charge in [-0.25, -0.2) is 0 Å². The second kappa shape index (κ2) is 2.77.